The number of aromatic nitrogens is 2. The van der Waals surface area contributed by atoms with Crippen molar-refractivity contribution in [1.82, 2.24) is 20.0 Å². The van der Waals surface area contributed by atoms with Gasteiger partial charge in [-0.05, 0) is 51.6 Å². The number of fused-ring (bicyclic) bond motifs is 1. The number of nitrogens with zero attached hydrogens (tertiary/aromatic N) is 3. The van der Waals surface area contributed by atoms with Crippen LogP contribution in [0.4, 0.5) is 0 Å². The molecule has 1 aromatic carbocycles. The van der Waals surface area contributed by atoms with Crippen LogP contribution in [0.1, 0.15) is 78.1 Å². The summed E-state index contributed by atoms with van der Waals surface area (Å²) in [5, 5.41) is 7.02. The van der Waals surface area contributed by atoms with E-state index in [1.165, 1.54) is 11.1 Å². The van der Waals surface area contributed by atoms with Crippen molar-refractivity contribution in [2.75, 3.05) is 27.7 Å². The minimum Gasteiger partial charge on any atom is -0.480 e. The minimum absolute atomic E-state index is 0.603. The van der Waals surface area contributed by atoms with Crippen molar-refractivity contribution in [2.45, 2.75) is 74.9 Å². The third-order valence-electron chi connectivity index (χ3n) is 4.55. The molecule has 1 atom stereocenters. The lowest BCUT2D eigenvalue weighted by Gasteiger charge is -2.13. The molecule has 196 valence electrons. The fourth-order valence-electron chi connectivity index (χ4n) is 3.04. The first kappa shape index (κ1) is 36.2. The summed E-state index contributed by atoms with van der Waals surface area (Å²) in [7, 11) is 7.57. The average molecular weight is 475 g/mol. The second-order valence-electron chi connectivity index (χ2n) is 6.97. The van der Waals surface area contributed by atoms with E-state index in [0.29, 0.717) is 11.9 Å². The van der Waals surface area contributed by atoms with Gasteiger partial charge in [-0.15, -0.1) is 5.10 Å². The quantitative estimate of drug-likeness (QED) is 0.470. The highest BCUT2D eigenvalue weighted by Crippen LogP contribution is 2.30. The maximum absolute atomic E-state index is 4.93. The molecule has 5 heteroatoms. The lowest BCUT2D eigenvalue weighted by molar-refractivity contribution is 0.286. The number of hydrogen-bond acceptors (Lipinski definition) is 4. The topological polar surface area (TPSA) is 42.3 Å². The summed E-state index contributed by atoms with van der Waals surface area (Å²) in [6.45, 7) is 24.0. The Morgan fingerprint density at radius 3 is 2.09 bits per heavy atom. The Morgan fingerprint density at radius 1 is 1.15 bits per heavy atom. The molecule has 0 saturated carbocycles. The predicted octanol–water partition coefficient (Wildman–Crippen LogP) is 7.35. The lowest BCUT2D eigenvalue weighted by atomic mass is 10.1. The van der Waals surface area contributed by atoms with Crippen LogP contribution in [-0.4, -0.2) is 42.4 Å². The summed E-state index contributed by atoms with van der Waals surface area (Å²) >= 11 is 0. The van der Waals surface area contributed by atoms with E-state index in [1.54, 1.807) is 11.8 Å². The summed E-state index contributed by atoms with van der Waals surface area (Å²) in [6, 6.07) is 9.28. The van der Waals surface area contributed by atoms with Crippen molar-refractivity contribution < 1.29 is 4.74 Å². The number of ether oxygens (including phenoxy) is 1. The molecular formula is C29H54N4O. The molecule has 1 aromatic heterocycles. The SMILES string of the molecule is C=C(/C=C\C)CNC.CC.CC.CC.CC1c2ccccc2CN1C.COc1nn(C)cc1C. The number of aryl methyl sites for hydroxylation is 2. The van der Waals surface area contributed by atoms with Gasteiger partial charge < -0.3 is 10.1 Å². The van der Waals surface area contributed by atoms with Gasteiger partial charge in [0.2, 0.25) is 5.88 Å². The molecule has 1 aliphatic heterocycles. The molecule has 5 nitrogen and oxygen atoms in total. The number of hydrogen-bond donors (Lipinski definition) is 1. The third kappa shape index (κ3) is 14.7. The molecule has 1 aliphatic rings. The molecule has 2 heterocycles. The van der Waals surface area contributed by atoms with Crippen LogP contribution in [0, 0.1) is 6.92 Å². The Labute approximate surface area is 211 Å². The van der Waals surface area contributed by atoms with Gasteiger partial charge in [0.05, 0.1) is 7.11 Å². The van der Waals surface area contributed by atoms with E-state index in [9.17, 15) is 0 Å². The zero-order valence-electron chi connectivity index (χ0n) is 24.5. The Balaban J connectivity index is -0.000000386. The fraction of sp³-hybridized carbons (Fsp3) is 0.552. The van der Waals surface area contributed by atoms with E-state index in [2.05, 4.69) is 60.1 Å². The summed E-state index contributed by atoms with van der Waals surface area (Å²) < 4.78 is 6.66. The molecule has 1 unspecified atom stereocenters. The van der Waals surface area contributed by atoms with Gasteiger partial charge in [0.15, 0.2) is 0 Å². The van der Waals surface area contributed by atoms with Crippen LogP contribution >= 0.6 is 0 Å². The first-order valence-corrected chi connectivity index (χ1v) is 12.6. The second kappa shape index (κ2) is 23.8. The number of rotatable bonds is 4. The van der Waals surface area contributed by atoms with Crippen molar-refractivity contribution in [2.24, 2.45) is 7.05 Å². The Kier molecular flexibility index (Phi) is 25.3. The zero-order chi connectivity index (χ0) is 27.1. The maximum atomic E-state index is 4.93. The molecule has 1 N–H and O–H groups in total. The highest BCUT2D eigenvalue weighted by molar-refractivity contribution is 5.33. The number of benzene rings is 1. The third-order valence-corrected chi connectivity index (χ3v) is 4.55. The van der Waals surface area contributed by atoms with Crippen LogP contribution in [0.3, 0.4) is 0 Å². The second-order valence-corrected chi connectivity index (χ2v) is 6.97. The monoisotopic (exact) mass is 474 g/mol. The van der Waals surface area contributed by atoms with Crippen molar-refractivity contribution in [3.63, 3.8) is 0 Å². The van der Waals surface area contributed by atoms with Crippen molar-refractivity contribution in [1.29, 1.82) is 0 Å². The highest BCUT2D eigenvalue weighted by atomic mass is 16.5. The maximum Gasteiger partial charge on any atom is 0.235 e. The Bertz CT molecular complexity index is 765. The molecule has 0 radical (unpaired) electrons. The van der Waals surface area contributed by atoms with Crippen LogP contribution < -0.4 is 10.1 Å². The standard InChI is InChI=1S/C10H13N.C7H13N.C6H10N2O.3C2H6/c1-8-10-6-4-3-5-9(10)7-11(8)2;1-4-5-7(2)6-8-3;1-5-4-8(2)7-6(5)9-3;3*1-2/h3-6,8H,7H2,1-2H3;4-5,8H,2,6H2,1,3H3;4H,1-3H3;3*1-2H3/b;5-4-;;;;. The van der Waals surface area contributed by atoms with Crippen LogP contribution in [-0.2, 0) is 13.6 Å². The molecule has 0 aliphatic carbocycles. The van der Waals surface area contributed by atoms with Crippen LogP contribution in [0.2, 0.25) is 0 Å². The van der Waals surface area contributed by atoms with Crippen LogP contribution in [0.15, 0.2) is 54.8 Å². The largest absolute Gasteiger partial charge is 0.480 e. The molecule has 34 heavy (non-hydrogen) atoms. The van der Waals surface area contributed by atoms with E-state index in [4.69, 9.17) is 4.74 Å². The summed E-state index contributed by atoms with van der Waals surface area (Å²) in [5.41, 5.74) is 5.17. The van der Waals surface area contributed by atoms with Crippen LogP contribution in [0.25, 0.3) is 0 Å². The van der Waals surface area contributed by atoms with Gasteiger partial charge in [-0.1, -0.05) is 84.5 Å². The molecule has 0 bridgehead atoms. The summed E-state index contributed by atoms with van der Waals surface area (Å²) in [5.74, 6) is 0.706. The molecule has 0 amide bonds. The molecule has 3 rings (SSSR count). The summed E-state index contributed by atoms with van der Waals surface area (Å²) in [6.07, 6.45) is 5.90. The van der Waals surface area contributed by atoms with Gasteiger partial charge >= 0.3 is 0 Å². The van der Waals surface area contributed by atoms with Crippen LogP contribution in [0.5, 0.6) is 5.88 Å². The predicted molar refractivity (Wildman–Crippen MR) is 153 cm³/mol. The Hall–Kier alpha value is -2.37. The van der Waals surface area contributed by atoms with Gasteiger partial charge in [0.25, 0.3) is 0 Å². The Morgan fingerprint density at radius 2 is 1.71 bits per heavy atom. The van der Waals surface area contributed by atoms with Gasteiger partial charge in [-0.2, -0.15) is 0 Å². The number of allylic oxidation sites excluding steroid dienone is 1. The molecular weight excluding hydrogens is 420 g/mol. The van der Waals surface area contributed by atoms with E-state index >= 15 is 0 Å². The van der Waals surface area contributed by atoms with E-state index in [1.807, 2.05) is 87.8 Å². The van der Waals surface area contributed by atoms with Crippen molar-refractivity contribution in [3.8, 4) is 5.88 Å². The van der Waals surface area contributed by atoms with Gasteiger partial charge in [0.1, 0.15) is 0 Å². The average Bonchev–Trinajstić information content (AvgIpc) is 3.35. The smallest absolute Gasteiger partial charge is 0.235 e. The van der Waals surface area contributed by atoms with Crippen molar-refractivity contribution >= 4 is 0 Å². The number of nitrogens with one attached hydrogen (secondary N) is 1. The fourth-order valence-corrected chi connectivity index (χ4v) is 3.04. The highest BCUT2D eigenvalue weighted by Gasteiger charge is 2.21. The normalized spacial score (nSPS) is 13.1. The van der Waals surface area contributed by atoms with E-state index in [0.717, 1.165) is 24.2 Å². The first-order chi connectivity index (χ1) is 16.3. The van der Waals surface area contributed by atoms with E-state index < -0.39 is 0 Å². The lowest BCUT2D eigenvalue weighted by Crippen LogP contribution is -2.12. The molecule has 0 spiro atoms. The summed E-state index contributed by atoms with van der Waals surface area (Å²) in [4.78, 5) is 2.37. The van der Waals surface area contributed by atoms with Gasteiger partial charge in [0, 0.05) is 37.9 Å². The molecule has 0 saturated heterocycles. The molecule has 2 aromatic rings. The van der Waals surface area contributed by atoms with E-state index in [-0.39, 0.29) is 0 Å². The molecule has 0 fully saturated rings. The van der Waals surface area contributed by atoms with Crippen molar-refractivity contribution in [3.05, 3.63) is 71.5 Å². The minimum atomic E-state index is 0.603. The number of methoxy groups -OCH3 is 1. The zero-order valence-corrected chi connectivity index (χ0v) is 24.5. The van der Waals surface area contributed by atoms with Gasteiger partial charge in [-0.3, -0.25) is 9.58 Å². The number of likely N-dealkylation sites (N-methyl/N-ethyl adjacent to an activating group) is 1. The first-order valence-electron chi connectivity index (χ1n) is 12.6. The van der Waals surface area contributed by atoms with Gasteiger partial charge in [-0.25, -0.2) is 0 Å².